The van der Waals surface area contributed by atoms with E-state index in [2.05, 4.69) is 20.3 Å². The molecular formula is C21H21N5O5. The second-order valence-corrected chi connectivity index (χ2v) is 8.37. The predicted octanol–water partition coefficient (Wildman–Crippen LogP) is 1.02. The molecule has 3 aliphatic rings. The number of nitrogens with zero attached hydrogens (tertiary/aromatic N) is 4. The van der Waals surface area contributed by atoms with E-state index in [0.717, 1.165) is 0 Å². The number of fused-ring (bicyclic) bond motifs is 2. The minimum absolute atomic E-state index is 0.283. The zero-order valence-corrected chi connectivity index (χ0v) is 16.5. The van der Waals surface area contributed by atoms with E-state index in [1.807, 2.05) is 6.07 Å². The van der Waals surface area contributed by atoms with E-state index >= 15 is 0 Å². The Bertz CT molecular complexity index is 1170. The maximum atomic E-state index is 12.5. The van der Waals surface area contributed by atoms with Crippen LogP contribution in [-0.4, -0.2) is 65.7 Å². The molecule has 0 unspecified atom stereocenters. The van der Waals surface area contributed by atoms with Gasteiger partial charge in [0, 0.05) is 24.8 Å². The number of rotatable bonds is 3. The molecule has 3 N–H and O–H groups in total. The lowest BCUT2D eigenvalue weighted by Gasteiger charge is -2.39. The van der Waals surface area contributed by atoms with Gasteiger partial charge >= 0.3 is 0 Å². The monoisotopic (exact) mass is 423 g/mol. The number of benzene rings is 1. The van der Waals surface area contributed by atoms with Gasteiger partial charge in [-0.1, -0.05) is 18.2 Å². The van der Waals surface area contributed by atoms with Gasteiger partial charge in [0.05, 0.1) is 19.0 Å². The zero-order valence-electron chi connectivity index (χ0n) is 16.5. The molecule has 10 nitrogen and oxygen atoms in total. The molecule has 10 heteroatoms. The summed E-state index contributed by atoms with van der Waals surface area (Å²) >= 11 is 0. The smallest absolute Gasteiger partial charge is 0.256 e. The Hall–Kier alpha value is -2.92. The second-order valence-electron chi connectivity index (χ2n) is 8.37. The fourth-order valence-electron chi connectivity index (χ4n) is 5.23. The number of hydrogen-bond acceptors (Lipinski definition) is 8. The molecule has 3 fully saturated rings. The summed E-state index contributed by atoms with van der Waals surface area (Å²) in [5.74, 6) is -0.00907. The van der Waals surface area contributed by atoms with E-state index in [1.165, 1.54) is 6.33 Å². The molecule has 0 radical (unpaired) electrons. The quantitative estimate of drug-likeness (QED) is 0.569. The molecule has 1 aliphatic carbocycles. The molecule has 2 aliphatic heterocycles. The van der Waals surface area contributed by atoms with Gasteiger partial charge in [-0.2, -0.15) is 0 Å². The van der Waals surface area contributed by atoms with Crippen LogP contribution in [0.5, 0.6) is 0 Å². The number of hydrogen-bond donors (Lipinski definition) is 3. The van der Waals surface area contributed by atoms with Crippen molar-refractivity contribution in [1.29, 1.82) is 0 Å². The molecule has 160 valence electrons. The summed E-state index contributed by atoms with van der Waals surface area (Å²) in [6, 6.07) is 8.83. The molecule has 1 spiro atoms. The highest BCUT2D eigenvalue weighted by atomic mass is 16.6. The van der Waals surface area contributed by atoms with Crippen molar-refractivity contribution in [2.24, 2.45) is 0 Å². The van der Waals surface area contributed by atoms with Crippen LogP contribution in [0.1, 0.15) is 35.8 Å². The van der Waals surface area contributed by atoms with Crippen LogP contribution < -0.4 is 5.32 Å². The average molecular weight is 423 g/mol. The van der Waals surface area contributed by atoms with Crippen molar-refractivity contribution < 1.29 is 24.5 Å². The first-order valence-corrected chi connectivity index (χ1v) is 10.2. The van der Waals surface area contributed by atoms with Crippen molar-refractivity contribution in [2.75, 3.05) is 11.9 Å². The summed E-state index contributed by atoms with van der Waals surface area (Å²) in [5, 5.41) is 24.8. The SMILES string of the molecule is O=C(Nc1ncnc2c1ncn2[C@@H]1C[C@@]2(O)C[C@@H]3OCC[C@@]2(O1)[C@@H]3O)c1ccccc1. The Morgan fingerprint density at radius 1 is 1.19 bits per heavy atom. The van der Waals surface area contributed by atoms with Gasteiger partial charge < -0.3 is 25.0 Å². The highest BCUT2D eigenvalue weighted by Gasteiger charge is 2.71. The number of amides is 1. The summed E-state index contributed by atoms with van der Waals surface area (Å²) < 4.78 is 13.6. The van der Waals surface area contributed by atoms with Gasteiger partial charge in [0.1, 0.15) is 29.9 Å². The molecule has 1 amide bonds. The topological polar surface area (TPSA) is 132 Å². The maximum absolute atomic E-state index is 12.5. The highest BCUT2D eigenvalue weighted by Crippen LogP contribution is 2.58. The van der Waals surface area contributed by atoms with E-state index < -0.39 is 29.6 Å². The molecule has 1 aromatic carbocycles. The van der Waals surface area contributed by atoms with Crippen LogP contribution in [0, 0.1) is 0 Å². The van der Waals surface area contributed by atoms with E-state index in [9.17, 15) is 15.0 Å². The minimum Gasteiger partial charge on any atom is -0.387 e. The van der Waals surface area contributed by atoms with Crippen LogP contribution in [0.4, 0.5) is 5.82 Å². The van der Waals surface area contributed by atoms with Gasteiger partial charge in [-0.25, -0.2) is 15.0 Å². The first kappa shape index (κ1) is 18.8. The highest BCUT2D eigenvalue weighted by molar-refractivity contribution is 6.06. The van der Waals surface area contributed by atoms with Gasteiger partial charge in [0.25, 0.3) is 5.91 Å². The third-order valence-electron chi connectivity index (χ3n) is 6.76. The normalized spacial score (nSPS) is 34.1. The summed E-state index contributed by atoms with van der Waals surface area (Å²) in [5.41, 5.74) is -0.852. The third kappa shape index (κ3) is 2.59. The van der Waals surface area contributed by atoms with Crippen LogP contribution in [-0.2, 0) is 9.47 Å². The lowest BCUT2D eigenvalue weighted by Crippen LogP contribution is -2.56. The van der Waals surface area contributed by atoms with E-state index in [-0.39, 0.29) is 12.3 Å². The fourth-order valence-corrected chi connectivity index (χ4v) is 5.23. The van der Waals surface area contributed by atoms with Crippen molar-refractivity contribution in [3.8, 4) is 0 Å². The molecule has 4 heterocycles. The van der Waals surface area contributed by atoms with Crippen molar-refractivity contribution in [2.45, 2.75) is 48.9 Å². The summed E-state index contributed by atoms with van der Waals surface area (Å²) in [6.45, 7) is 0.430. The number of imidazole rings is 1. The molecule has 3 aromatic rings. The Morgan fingerprint density at radius 2 is 2.03 bits per heavy atom. The van der Waals surface area contributed by atoms with E-state index in [0.29, 0.717) is 42.0 Å². The number of anilines is 1. The maximum Gasteiger partial charge on any atom is 0.256 e. The fraction of sp³-hybridized carbons (Fsp3) is 0.429. The lowest BCUT2D eigenvalue weighted by atomic mass is 9.82. The number of carbonyl (C=O) groups is 1. The standard InChI is InChI=1S/C21H21N5O5/c27-16-13-8-20(29)9-14(31-21(16,20)6-7-30-13)26-11-24-15-17(22-10-23-18(15)26)25-19(28)12-4-2-1-3-5-12/h1-5,10-11,13-14,16,27,29H,6-9H2,(H,22,23,25,28)/t13-,14-,16+,20-,21+/m0/s1. The number of ether oxygens (including phenoxy) is 2. The molecule has 31 heavy (non-hydrogen) atoms. The van der Waals surface area contributed by atoms with Crippen LogP contribution in [0.3, 0.4) is 0 Å². The first-order valence-electron chi connectivity index (χ1n) is 10.2. The zero-order chi connectivity index (χ0) is 21.2. The van der Waals surface area contributed by atoms with Gasteiger partial charge in [0.2, 0.25) is 0 Å². The molecule has 2 aromatic heterocycles. The van der Waals surface area contributed by atoms with Crippen molar-refractivity contribution in [3.05, 3.63) is 48.5 Å². The van der Waals surface area contributed by atoms with Crippen molar-refractivity contribution in [1.82, 2.24) is 19.5 Å². The second kappa shape index (κ2) is 6.54. The number of aliphatic hydroxyl groups is 2. The molecule has 2 saturated heterocycles. The molecule has 5 atom stereocenters. The van der Waals surface area contributed by atoms with Crippen LogP contribution >= 0.6 is 0 Å². The van der Waals surface area contributed by atoms with Gasteiger partial charge in [-0.05, 0) is 12.1 Å². The molecule has 6 rings (SSSR count). The van der Waals surface area contributed by atoms with Crippen molar-refractivity contribution in [3.63, 3.8) is 0 Å². The third-order valence-corrected chi connectivity index (χ3v) is 6.76. The summed E-state index contributed by atoms with van der Waals surface area (Å²) in [6.07, 6.45) is 2.07. The number of carbonyl (C=O) groups excluding carboxylic acids is 1. The Morgan fingerprint density at radius 3 is 2.87 bits per heavy atom. The Balaban J connectivity index is 1.32. The van der Waals surface area contributed by atoms with Crippen LogP contribution in [0.2, 0.25) is 0 Å². The lowest BCUT2D eigenvalue weighted by molar-refractivity contribution is -0.210. The minimum atomic E-state index is -1.19. The molecular weight excluding hydrogens is 402 g/mol. The largest absolute Gasteiger partial charge is 0.387 e. The van der Waals surface area contributed by atoms with Crippen LogP contribution in [0.15, 0.2) is 43.0 Å². The predicted molar refractivity (Wildman–Crippen MR) is 107 cm³/mol. The Kier molecular flexibility index (Phi) is 3.97. The van der Waals surface area contributed by atoms with Crippen LogP contribution in [0.25, 0.3) is 11.2 Å². The first-order chi connectivity index (χ1) is 15.0. The number of nitrogens with one attached hydrogen (secondary N) is 1. The van der Waals surface area contributed by atoms with E-state index in [4.69, 9.17) is 9.47 Å². The molecule has 2 bridgehead atoms. The number of aromatic nitrogens is 4. The van der Waals surface area contributed by atoms with Gasteiger partial charge in [-0.15, -0.1) is 0 Å². The van der Waals surface area contributed by atoms with Gasteiger partial charge in [0.15, 0.2) is 17.0 Å². The average Bonchev–Trinajstić information content (AvgIpc) is 3.35. The molecule has 1 saturated carbocycles. The van der Waals surface area contributed by atoms with Gasteiger partial charge in [-0.3, -0.25) is 9.36 Å². The van der Waals surface area contributed by atoms with E-state index in [1.54, 1.807) is 35.2 Å². The number of aliphatic hydroxyl groups excluding tert-OH is 1. The Labute approximate surface area is 176 Å². The summed E-state index contributed by atoms with van der Waals surface area (Å²) in [7, 11) is 0. The van der Waals surface area contributed by atoms with Crippen molar-refractivity contribution >= 4 is 22.9 Å². The summed E-state index contributed by atoms with van der Waals surface area (Å²) in [4.78, 5) is 25.5.